The highest BCUT2D eigenvalue weighted by Crippen LogP contribution is 2.32. The minimum absolute atomic E-state index is 0.0312. The van der Waals surface area contributed by atoms with E-state index >= 15 is 0 Å². The number of benzene rings is 1. The number of hydrogen-bond acceptors (Lipinski definition) is 3. The molecule has 0 aliphatic carbocycles. The number of aliphatic hydroxyl groups is 1. The maximum Gasteiger partial charge on any atom is 0.239 e. The summed E-state index contributed by atoms with van der Waals surface area (Å²) < 4.78 is 0. The number of nitrogens with one attached hydrogen (secondary N) is 1. The Labute approximate surface area is 108 Å². The van der Waals surface area contributed by atoms with E-state index in [1.165, 1.54) is 0 Å². The second-order valence-corrected chi connectivity index (χ2v) is 4.59. The van der Waals surface area contributed by atoms with Gasteiger partial charge in [0.25, 0.3) is 0 Å². The molecular formula is C14H20N2O2. The molecule has 0 aromatic heterocycles. The van der Waals surface area contributed by atoms with Crippen LogP contribution in [0.4, 0.5) is 5.69 Å². The molecule has 1 heterocycles. The van der Waals surface area contributed by atoms with Crippen molar-refractivity contribution in [3.05, 3.63) is 29.8 Å². The average Bonchev–Trinajstić information content (AvgIpc) is 2.51. The third-order valence-corrected chi connectivity index (χ3v) is 3.25. The molecule has 0 saturated carbocycles. The third-order valence-electron chi connectivity index (χ3n) is 3.25. The van der Waals surface area contributed by atoms with E-state index < -0.39 is 6.10 Å². The van der Waals surface area contributed by atoms with E-state index in [2.05, 4.69) is 10.2 Å². The molecule has 1 aromatic rings. The molecule has 1 aromatic carbocycles. The second-order valence-electron chi connectivity index (χ2n) is 4.59. The molecule has 0 fully saturated rings. The normalized spacial score (nSPS) is 19.0. The fourth-order valence-electron chi connectivity index (χ4n) is 2.40. The lowest BCUT2D eigenvalue weighted by Crippen LogP contribution is -2.37. The number of aliphatic hydroxyl groups excluding tert-OH is 1. The molecule has 18 heavy (non-hydrogen) atoms. The van der Waals surface area contributed by atoms with Gasteiger partial charge in [-0.05, 0) is 25.8 Å². The van der Waals surface area contributed by atoms with Gasteiger partial charge in [0.2, 0.25) is 5.91 Å². The van der Waals surface area contributed by atoms with E-state index in [1.54, 1.807) is 0 Å². The molecule has 0 radical (unpaired) electrons. The topological polar surface area (TPSA) is 52.6 Å². The second kappa shape index (κ2) is 5.87. The Bertz CT molecular complexity index is 420. The van der Waals surface area contributed by atoms with Crippen molar-refractivity contribution < 1.29 is 9.90 Å². The fourth-order valence-corrected chi connectivity index (χ4v) is 2.40. The van der Waals surface area contributed by atoms with Crippen LogP contribution in [0.15, 0.2) is 24.3 Å². The van der Waals surface area contributed by atoms with Crippen LogP contribution < -0.4 is 10.2 Å². The van der Waals surface area contributed by atoms with Crippen molar-refractivity contribution in [1.82, 2.24) is 5.32 Å². The first kappa shape index (κ1) is 12.9. The average molecular weight is 248 g/mol. The lowest BCUT2D eigenvalue weighted by Gasteiger charge is -2.24. The van der Waals surface area contributed by atoms with Crippen molar-refractivity contribution in [2.45, 2.75) is 25.9 Å². The van der Waals surface area contributed by atoms with Gasteiger partial charge < -0.3 is 15.3 Å². The monoisotopic (exact) mass is 248 g/mol. The number of likely N-dealkylation sites (N-methyl/N-ethyl adjacent to an activating group) is 1. The van der Waals surface area contributed by atoms with E-state index in [9.17, 15) is 9.90 Å². The largest absolute Gasteiger partial charge is 0.388 e. The summed E-state index contributed by atoms with van der Waals surface area (Å²) in [6.07, 6.45) is 1.23. The summed E-state index contributed by atoms with van der Waals surface area (Å²) in [5, 5.41) is 12.9. The zero-order chi connectivity index (χ0) is 13.0. The third kappa shape index (κ3) is 2.82. The maximum absolute atomic E-state index is 11.7. The Morgan fingerprint density at radius 2 is 2.28 bits per heavy atom. The van der Waals surface area contributed by atoms with Gasteiger partial charge in [-0.15, -0.1) is 0 Å². The van der Waals surface area contributed by atoms with Crippen LogP contribution in [0.5, 0.6) is 0 Å². The summed E-state index contributed by atoms with van der Waals surface area (Å²) in [5.74, 6) is 0.0312. The van der Waals surface area contributed by atoms with Crippen LogP contribution in [0, 0.1) is 0 Å². The molecule has 98 valence electrons. The Morgan fingerprint density at radius 1 is 1.50 bits per heavy atom. The molecule has 1 aliphatic heterocycles. The van der Waals surface area contributed by atoms with Crippen LogP contribution in [0.25, 0.3) is 0 Å². The highest BCUT2D eigenvalue weighted by Gasteiger charge is 2.21. The molecule has 1 aliphatic rings. The van der Waals surface area contributed by atoms with Gasteiger partial charge in [-0.3, -0.25) is 4.79 Å². The number of fused-ring (bicyclic) bond motifs is 1. The number of rotatable bonds is 3. The van der Waals surface area contributed by atoms with Crippen molar-refractivity contribution in [3.8, 4) is 0 Å². The van der Waals surface area contributed by atoms with Crippen LogP contribution in [0.1, 0.15) is 31.4 Å². The Hall–Kier alpha value is -1.55. The molecule has 0 saturated heterocycles. The zero-order valence-corrected chi connectivity index (χ0v) is 10.7. The van der Waals surface area contributed by atoms with Crippen LogP contribution in [0.3, 0.4) is 0 Å². The summed E-state index contributed by atoms with van der Waals surface area (Å²) in [4.78, 5) is 13.8. The van der Waals surface area contributed by atoms with Crippen molar-refractivity contribution in [3.63, 3.8) is 0 Å². The Balaban J connectivity index is 2.20. The molecule has 2 N–H and O–H groups in total. The molecule has 2 rings (SSSR count). The van der Waals surface area contributed by atoms with Crippen LogP contribution >= 0.6 is 0 Å². The van der Waals surface area contributed by atoms with Crippen LogP contribution in [-0.2, 0) is 4.79 Å². The quantitative estimate of drug-likeness (QED) is 0.851. The first-order valence-corrected chi connectivity index (χ1v) is 6.51. The van der Waals surface area contributed by atoms with Crippen LogP contribution in [0.2, 0.25) is 0 Å². The summed E-state index contributed by atoms with van der Waals surface area (Å²) in [7, 11) is 0. The van der Waals surface area contributed by atoms with E-state index in [1.807, 2.05) is 31.2 Å². The summed E-state index contributed by atoms with van der Waals surface area (Å²) in [5.41, 5.74) is 1.91. The van der Waals surface area contributed by atoms with Crippen molar-refractivity contribution >= 4 is 11.6 Å². The first-order chi connectivity index (χ1) is 8.72. The number of amides is 1. The predicted octanol–water partition coefficient (Wildman–Crippen LogP) is 1.46. The van der Waals surface area contributed by atoms with E-state index in [-0.39, 0.29) is 5.91 Å². The van der Waals surface area contributed by atoms with Gasteiger partial charge in [0.05, 0.1) is 12.6 Å². The van der Waals surface area contributed by atoms with Gasteiger partial charge in [0.1, 0.15) is 0 Å². The number of carbonyl (C=O) groups is 1. The zero-order valence-electron chi connectivity index (χ0n) is 10.7. The van der Waals surface area contributed by atoms with E-state index in [4.69, 9.17) is 0 Å². The molecule has 4 nitrogen and oxygen atoms in total. The van der Waals surface area contributed by atoms with Crippen molar-refractivity contribution in [2.24, 2.45) is 0 Å². The summed E-state index contributed by atoms with van der Waals surface area (Å²) in [6.45, 7) is 3.73. The van der Waals surface area contributed by atoms with Gasteiger partial charge >= 0.3 is 0 Å². The number of carbonyl (C=O) groups excluding carboxylic acids is 1. The van der Waals surface area contributed by atoms with E-state index in [0.717, 1.165) is 30.6 Å². The maximum atomic E-state index is 11.7. The molecule has 0 bridgehead atoms. The molecule has 4 heteroatoms. The minimum atomic E-state index is -0.416. The van der Waals surface area contributed by atoms with Gasteiger partial charge in [0.15, 0.2) is 0 Å². The number of para-hydroxylation sites is 1. The summed E-state index contributed by atoms with van der Waals surface area (Å²) >= 11 is 0. The summed E-state index contributed by atoms with van der Waals surface area (Å²) in [6, 6.07) is 7.79. The molecule has 1 amide bonds. The number of nitrogens with zero attached hydrogens (tertiary/aromatic N) is 1. The van der Waals surface area contributed by atoms with Gasteiger partial charge in [-0.2, -0.15) is 0 Å². The van der Waals surface area contributed by atoms with Crippen molar-refractivity contribution in [2.75, 3.05) is 24.5 Å². The van der Waals surface area contributed by atoms with Crippen molar-refractivity contribution in [1.29, 1.82) is 0 Å². The van der Waals surface area contributed by atoms with Gasteiger partial charge in [-0.1, -0.05) is 18.2 Å². The molecule has 1 unspecified atom stereocenters. The molecular weight excluding hydrogens is 228 g/mol. The lowest BCUT2D eigenvalue weighted by atomic mass is 10.0. The number of anilines is 1. The molecule has 0 spiro atoms. The highest BCUT2D eigenvalue weighted by atomic mass is 16.3. The first-order valence-electron chi connectivity index (χ1n) is 6.51. The molecule has 1 atom stereocenters. The minimum Gasteiger partial charge on any atom is -0.388 e. The Kier molecular flexibility index (Phi) is 4.20. The predicted molar refractivity (Wildman–Crippen MR) is 71.5 cm³/mol. The number of hydrogen-bond donors (Lipinski definition) is 2. The highest BCUT2D eigenvalue weighted by molar-refractivity contribution is 5.81. The van der Waals surface area contributed by atoms with E-state index in [0.29, 0.717) is 13.1 Å². The van der Waals surface area contributed by atoms with Crippen LogP contribution in [-0.4, -0.2) is 30.6 Å². The standard InChI is InChI=1S/C14H20N2O2/c1-2-15-14(18)10-16-9-5-8-13(17)11-6-3-4-7-12(11)16/h3-4,6-7,13,17H,2,5,8-10H2,1H3,(H,15,18). The fraction of sp³-hybridized carbons (Fsp3) is 0.500. The van der Waals surface area contributed by atoms with Gasteiger partial charge in [0, 0.05) is 24.3 Å². The van der Waals surface area contributed by atoms with Gasteiger partial charge in [-0.25, -0.2) is 0 Å². The Morgan fingerprint density at radius 3 is 3.06 bits per heavy atom. The lowest BCUT2D eigenvalue weighted by molar-refractivity contribution is -0.119. The SMILES string of the molecule is CCNC(=O)CN1CCCC(O)c2ccccc21. The smallest absolute Gasteiger partial charge is 0.239 e.